The highest BCUT2D eigenvalue weighted by molar-refractivity contribution is 6.01. The van der Waals surface area contributed by atoms with Crippen LogP contribution in [-0.4, -0.2) is 17.5 Å². The zero-order valence-electron chi connectivity index (χ0n) is 17.9. The van der Waals surface area contributed by atoms with Gasteiger partial charge in [0.1, 0.15) is 18.2 Å². The lowest BCUT2D eigenvalue weighted by Gasteiger charge is -2.17. The van der Waals surface area contributed by atoms with Crippen LogP contribution < -0.4 is 4.74 Å². The van der Waals surface area contributed by atoms with Gasteiger partial charge in [0.25, 0.3) is 0 Å². The molecular weight excluding hydrogens is 405 g/mol. The van der Waals surface area contributed by atoms with Crippen molar-refractivity contribution in [2.24, 2.45) is 0 Å². The number of aromatic nitrogens is 1. The number of hydrogen-bond donors (Lipinski definition) is 0. The van der Waals surface area contributed by atoms with Crippen LogP contribution in [0, 0.1) is 12.7 Å². The predicted octanol–water partition coefficient (Wildman–Crippen LogP) is 6.32. The number of halogens is 1. The summed E-state index contributed by atoms with van der Waals surface area (Å²) in [4.78, 5) is 12.3. The maximum absolute atomic E-state index is 14.0. The van der Waals surface area contributed by atoms with Gasteiger partial charge in [0, 0.05) is 23.2 Å². The molecule has 2 heterocycles. The van der Waals surface area contributed by atoms with Crippen LogP contribution in [0.2, 0.25) is 0 Å². The first kappa shape index (κ1) is 20.5. The van der Waals surface area contributed by atoms with E-state index in [1.807, 2.05) is 59.2 Å². The highest BCUT2D eigenvalue weighted by Gasteiger charge is 2.28. The second kappa shape index (κ2) is 8.60. The molecule has 1 aromatic heterocycles. The third-order valence-corrected chi connectivity index (χ3v) is 6.02. The van der Waals surface area contributed by atoms with Gasteiger partial charge in [-0.25, -0.2) is 4.39 Å². The van der Waals surface area contributed by atoms with E-state index in [0.29, 0.717) is 30.1 Å². The molecule has 1 aliphatic rings. The predicted molar refractivity (Wildman–Crippen MR) is 122 cm³/mol. The largest absolute Gasteiger partial charge is 0.489 e. The quantitative estimate of drug-likeness (QED) is 0.337. The van der Waals surface area contributed by atoms with Crippen LogP contribution in [0.5, 0.6) is 5.75 Å². The third-order valence-electron chi connectivity index (χ3n) is 6.02. The fourth-order valence-electron chi connectivity index (χ4n) is 4.43. The van der Waals surface area contributed by atoms with Crippen molar-refractivity contribution in [1.82, 2.24) is 4.57 Å². The number of fused-ring (bicyclic) bond motifs is 1. The Hall–Kier alpha value is -3.44. The molecule has 32 heavy (non-hydrogen) atoms. The molecule has 5 heteroatoms. The number of ether oxygens (including phenoxy) is 2. The van der Waals surface area contributed by atoms with Crippen LogP contribution in [0.4, 0.5) is 4.39 Å². The van der Waals surface area contributed by atoms with E-state index in [1.54, 1.807) is 13.0 Å². The molecule has 0 bridgehead atoms. The summed E-state index contributed by atoms with van der Waals surface area (Å²) < 4.78 is 28.0. The van der Waals surface area contributed by atoms with Crippen molar-refractivity contribution in [2.75, 3.05) is 6.61 Å². The van der Waals surface area contributed by atoms with Crippen molar-refractivity contribution < 1.29 is 18.7 Å². The Morgan fingerprint density at radius 1 is 1.12 bits per heavy atom. The van der Waals surface area contributed by atoms with Crippen LogP contribution in [0.25, 0.3) is 16.6 Å². The number of hydrogen-bond acceptors (Lipinski definition) is 3. The van der Waals surface area contributed by atoms with Gasteiger partial charge in [0.2, 0.25) is 0 Å². The van der Waals surface area contributed by atoms with Crippen LogP contribution in [0.15, 0.2) is 66.7 Å². The van der Waals surface area contributed by atoms with Gasteiger partial charge in [-0.2, -0.15) is 0 Å². The molecular formula is C27H24FNO3. The molecule has 0 amide bonds. The molecule has 0 saturated carbocycles. The summed E-state index contributed by atoms with van der Waals surface area (Å²) in [5.41, 5.74) is 4.72. The van der Waals surface area contributed by atoms with Crippen LogP contribution in [0.1, 0.15) is 46.1 Å². The fraction of sp³-hybridized carbons (Fsp3) is 0.222. The highest BCUT2D eigenvalue weighted by atomic mass is 19.1. The zero-order valence-corrected chi connectivity index (χ0v) is 17.9. The number of rotatable bonds is 6. The van der Waals surface area contributed by atoms with Crippen molar-refractivity contribution in [3.05, 3.63) is 94.9 Å². The summed E-state index contributed by atoms with van der Waals surface area (Å²) in [6, 6.07) is 20.7. The Labute approximate surface area is 186 Å². The van der Waals surface area contributed by atoms with Crippen molar-refractivity contribution in [1.29, 1.82) is 0 Å². The first-order valence-corrected chi connectivity index (χ1v) is 10.8. The van der Waals surface area contributed by atoms with Crippen LogP contribution >= 0.6 is 0 Å². The molecule has 4 nitrogen and oxygen atoms in total. The molecule has 1 atom stereocenters. The minimum Gasteiger partial charge on any atom is -0.489 e. The summed E-state index contributed by atoms with van der Waals surface area (Å²) >= 11 is 0. The maximum atomic E-state index is 14.0. The number of nitrogens with zero attached hydrogens (tertiary/aromatic N) is 1. The van der Waals surface area contributed by atoms with E-state index in [9.17, 15) is 9.18 Å². The lowest BCUT2D eigenvalue weighted by atomic mass is 10.1. The number of aryl methyl sites for hydroxylation is 1. The summed E-state index contributed by atoms with van der Waals surface area (Å²) in [7, 11) is 0. The molecule has 162 valence electrons. The summed E-state index contributed by atoms with van der Waals surface area (Å²) in [6.45, 7) is 2.85. The van der Waals surface area contributed by atoms with Gasteiger partial charge in [0.05, 0.1) is 17.3 Å². The molecule has 3 aromatic carbocycles. The summed E-state index contributed by atoms with van der Waals surface area (Å²) in [5.74, 6) is 0.437. The van der Waals surface area contributed by atoms with E-state index in [4.69, 9.17) is 9.47 Å². The topological polar surface area (TPSA) is 40.5 Å². The second-order valence-electron chi connectivity index (χ2n) is 8.14. The fourth-order valence-corrected chi connectivity index (χ4v) is 4.43. The molecule has 0 N–H and O–H groups in total. The van der Waals surface area contributed by atoms with Gasteiger partial charge in [-0.05, 0) is 67.3 Å². The molecule has 1 aliphatic heterocycles. The maximum Gasteiger partial charge on any atom is 0.152 e. The van der Waals surface area contributed by atoms with Crippen molar-refractivity contribution in [3.8, 4) is 11.4 Å². The minimum absolute atomic E-state index is 0.179. The van der Waals surface area contributed by atoms with E-state index >= 15 is 0 Å². The van der Waals surface area contributed by atoms with E-state index in [-0.39, 0.29) is 11.9 Å². The van der Waals surface area contributed by atoms with E-state index < -0.39 is 0 Å². The van der Waals surface area contributed by atoms with Crippen molar-refractivity contribution in [2.45, 2.75) is 32.5 Å². The Balaban J connectivity index is 1.64. The number of aldehydes is 1. The Bertz CT molecular complexity index is 1270. The normalized spacial score (nSPS) is 15.9. The molecule has 1 fully saturated rings. The Kier molecular flexibility index (Phi) is 5.50. The molecule has 4 aromatic rings. The van der Waals surface area contributed by atoms with Crippen LogP contribution in [0.3, 0.4) is 0 Å². The van der Waals surface area contributed by atoms with Gasteiger partial charge in [0.15, 0.2) is 6.29 Å². The van der Waals surface area contributed by atoms with E-state index in [2.05, 4.69) is 0 Å². The first-order valence-electron chi connectivity index (χ1n) is 10.8. The zero-order chi connectivity index (χ0) is 22.1. The summed E-state index contributed by atoms with van der Waals surface area (Å²) in [6.07, 6.45) is 2.50. The Morgan fingerprint density at radius 3 is 2.69 bits per heavy atom. The molecule has 0 unspecified atom stereocenters. The van der Waals surface area contributed by atoms with E-state index in [0.717, 1.165) is 47.0 Å². The number of carbonyl (C=O) groups excluding carboxylic acids is 1. The molecule has 0 radical (unpaired) electrons. The second-order valence-corrected chi connectivity index (χ2v) is 8.14. The van der Waals surface area contributed by atoms with Crippen molar-refractivity contribution >= 4 is 17.2 Å². The first-order chi connectivity index (χ1) is 15.7. The monoisotopic (exact) mass is 429 g/mol. The number of carbonyl (C=O) groups is 1. The minimum atomic E-state index is -0.254. The van der Waals surface area contributed by atoms with Crippen molar-refractivity contribution in [3.63, 3.8) is 0 Å². The molecule has 0 aliphatic carbocycles. The van der Waals surface area contributed by atoms with Gasteiger partial charge in [-0.15, -0.1) is 0 Å². The van der Waals surface area contributed by atoms with Gasteiger partial charge in [-0.1, -0.05) is 30.3 Å². The summed E-state index contributed by atoms with van der Waals surface area (Å²) in [5, 5.41) is 0.804. The van der Waals surface area contributed by atoms with Gasteiger partial charge in [-0.3, -0.25) is 4.79 Å². The van der Waals surface area contributed by atoms with Crippen LogP contribution in [-0.2, 0) is 11.3 Å². The lowest BCUT2D eigenvalue weighted by molar-refractivity contribution is 0.103. The standard InChI is InChI=1S/C27H24FNO3/c1-18-14-20(9-11-24(18)28)29-25-12-10-21(32-17-19-6-3-2-4-7-19)15-22(25)23(16-30)27(29)26-8-5-13-31-26/h2-4,6-7,9-12,14-16,26H,5,8,13,17H2,1H3/t26-/m1/s1. The lowest BCUT2D eigenvalue weighted by Crippen LogP contribution is -2.08. The molecule has 1 saturated heterocycles. The van der Waals surface area contributed by atoms with E-state index in [1.165, 1.54) is 6.07 Å². The average Bonchev–Trinajstić information content (AvgIpc) is 3.45. The Morgan fingerprint density at radius 2 is 1.97 bits per heavy atom. The van der Waals surface area contributed by atoms with Gasteiger partial charge < -0.3 is 14.0 Å². The smallest absolute Gasteiger partial charge is 0.152 e. The average molecular weight is 429 g/mol. The highest BCUT2D eigenvalue weighted by Crippen LogP contribution is 2.39. The molecule has 5 rings (SSSR count). The molecule has 0 spiro atoms. The number of benzene rings is 3. The third kappa shape index (κ3) is 3.69. The SMILES string of the molecule is Cc1cc(-n2c([C@H]3CCCO3)c(C=O)c3cc(OCc4ccccc4)ccc32)ccc1F. The van der Waals surface area contributed by atoms with Gasteiger partial charge >= 0.3 is 0 Å².